The van der Waals surface area contributed by atoms with E-state index in [2.05, 4.69) is 31.1 Å². The van der Waals surface area contributed by atoms with Gasteiger partial charge in [0, 0.05) is 5.56 Å². The maximum Gasteiger partial charge on any atom is 0.213 e. The summed E-state index contributed by atoms with van der Waals surface area (Å²) in [5.74, 6) is 0.186. The highest BCUT2D eigenvalue weighted by Gasteiger charge is 2.09. The van der Waals surface area contributed by atoms with Crippen LogP contribution in [0.15, 0.2) is 22.7 Å². The van der Waals surface area contributed by atoms with E-state index >= 15 is 0 Å². The second-order valence-electron chi connectivity index (χ2n) is 2.62. The molecule has 0 aliphatic rings. The molecule has 1 aromatic carbocycles. The molecule has 2 N–H and O–H groups in total. The summed E-state index contributed by atoms with van der Waals surface area (Å²) in [7, 11) is 0. The van der Waals surface area contributed by atoms with Gasteiger partial charge in [-0.15, -0.1) is 0 Å². The molecule has 0 fully saturated rings. The van der Waals surface area contributed by atoms with Gasteiger partial charge >= 0.3 is 0 Å². The fourth-order valence-corrected chi connectivity index (χ4v) is 1.68. The molecular formula is C8H5BrFN3S. The summed E-state index contributed by atoms with van der Waals surface area (Å²) in [6, 6.07) is 4.73. The van der Waals surface area contributed by atoms with Crippen LogP contribution < -0.4 is 0 Å². The number of benzene rings is 1. The number of aromatic nitrogens is 3. The van der Waals surface area contributed by atoms with Crippen molar-refractivity contribution in [1.29, 1.82) is 0 Å². The van der Waals surface area contributed by atoms with Gasteiger partial charge in [0.25, 0.3) is 0 Å². The number of rotatable bonds is 1. The zero-order chi connectivity index (χ0) is 10.1. The smallest absolute Gasteiger partial charge is 0.213 e. The largest absolute Gasteiger partial charge is 0.282 e. The van der Waals surface area contributed by atoms with Crippen molar-refractivity contribution in [3.63, 3.8) is 0 Å². The Morgan fingerprint density at radius 3 is 2.79 bits per heavy atom. The van der Waals surface area contributed by atoms with E-state index in [-0.39, 0.29) is 5.82 Å². The zero-order valence-corrected chi connectivity index (χ0v) is 9.25. The Balaban J connectivity index is 2.62. The van der Waals surface area contributed by atoms with E-state index in [4.69, 9.17) is 12.2 Å². The molecule has 6 heteroatoms. The minimum atomic E-state index is -0.329. The van der Waals surface area contributed by atoms with Gasteiger partial charge in [-0.25, -0.2) is 4.39 Å². The monoisotopic (exact) mass is 273 g/mol. The second-order valence-corrected chi connectivity index (χ2v) is 3.80. The molecule has 0 saturated heterocycles. The molecule has 0 radical (unpaired) electrons. The first kappa shape index (κ1) is 9.54. The summed E-state index contributed by atoms with van der Waals surface area (Å²) < 4.78 is 13.9. The number of hydrogen-bond donors (Lipinski definition) is 2. The molecule has 2 rings (SSSR count). The highest BCUT2D eigenvalue weighted by atomic mass is 79.9. The number of hydrogen-bond acceptors (Lipinski definition) is 2. The van der Waals surface area contributed by atoms with E-state index in [9.17, 15) is 4.39 Å². The Hall–Kier alpha value is -1.01. The Kier molecular flexibility index (Phi) is 2.47. The molecule has 1 aromatic heterocycles. The van der Waals surface area contributed by atoms with Crippen LogP contribution in [0, 0.1) is 10.6 Å². The standard InChI is InChI=1S/C8H5BrFN3S/c9-6-4(2-1-3-5(6)10)7-11-8(14)13-12-7/h1-3H,(H2,11,12,13,14). The van der Waals surface area contributed by atoms with E-state index in [1.165, 1.54) is 6.07 Å². The predicted octanol–water partition coefficient (Wildman–Crippen LogP) is 3.04. The number of aromatic amines is 2. The van der Waals surface area contributed by atoms with Crippen molar-refractivity contribution in [2.45, 2.75) is 0 Å². The summed E-state index contributed by atoms with van der Waals surface area (Å²) in [5, 5.41) is 5.40. The van der Waals surface area contributed by atoms with Crippen molar-refractivity contribution in [3.05, 3.63) is 33.3 Å². The molecule has 0 unspecified atom stereocenters. The molecule has 0 aliphatic heterocycles. The molecule has 0 atom stereocenters. The van der Waals surface area contributed by atoms with Crippen LogP contribution in [0.4, 0.5) is 4.39 Å². The molecule has 1 heterocycles. The van der Waals surface area contributed by atoms with Crippen molar-refractivity contribution in [2.75, 3.05) is 0 Å². The lowest BCUT2D eigenvalue weighted by molar-refractivity contribution is 0.621. The third-order valence-electron chi connectivity index (χ3n) is 1.71. The molecule has 14 heavy (non-hydrogen) atoms. The SMILES string of the molecule is Fc1cccc(-c2nc(=S)[nH][nH]2)c1Br. The van der Waals surface area contributed by atoms with Crippen molar-refractivity contribution < 1.29 is 4.39 Å². The van der Waals surface area contributed by atoms with E-state index in [1.54, 1.807) is 12.1 Å². The van der Waals surface area contributed by atoms with Gasteiger partial charge in [-0.05, 0) is 40.3 Å². The normalized spacial score (nSPS) is 10.4. The second kappa shape index (κ2) is 3.62. The van der Waals surface area contributed by atoms with E-state index in [1.807, 2.05) is 0 Å². The highest BCUT2D eigenvalue weighted by Crippen LogP contribution is 2.27. The maximum absolute atomic E-state index is 13.1. The fourth-order valence-electron chi connectivity index (χ4n) is 1.08. The number of nitrogens with zero attached hydrogens (tertiary/aromatic N) is 1. The van der Waals surface area contributed by atoms with Gasteiger partial charge in [0.05, 0.1) is 4.47 Å². The molecule has 3 nitrogen and oxygen atoms in total. The first-order valence-corrected chi connectivity index (χ1v) is 4.97. The zero-order valence-electron chi connectivity index (χ0n) is 6.84. The number of nitrogens with one attached hydrogen (secondary N) is 2. The molecule has 2 aromatic rings. The fraction of sp³-hybridized carbons (Fsp3) is 0. The topological polar surface area (TPSA) is 44.5 Å². The molecular weight excluding hydrogens is 269 g/mol. The van der Waals surface area contributed by atoms with Gasteiger partial charge in [-0.2, -0.15) is 4.98 Å². The van der Waals surface area contributed by atoms with Gasteiger partial charge in [0.2, 0.25) is 4.77 Å². The van der Waals surface area contributed by atoms with Crippen molar-refractivity contribution >= 4 is 28.1 Å². The lowest BCUT2D eigenvalue weighted by Crippen LogP contribution is -1.85. The number of halogens is 2. The first-order valence-electron chi connectivity index (χ1n) is 3.77. The minimum Gasteiger partial charge on any atom is -0.282 e. The Morgan fingerprint density at radius 1 is 1.36 bits per heavy atom. The summed E-state index contributed by atoms with van der Waals surface area (Å²) >= 11 is 7.95. The number of H-pyrrole nitrogens is 2. The minimum absolute atomic E-state index is 0.329. The summed E-state index contributed by atoms with van der Waals surface area (Å²) in [6.07, 6.45) is 0. The quantitative estimate of drug-likeness (QED) is 0.785. The Bertz CT molecular complexity index is 519. The Morgan fingerprint density at radius 2 is 2.14 bits per heavy atom. The van der Waals surface area contributed by atoms with Crippen molar-refractivity contribution in [3.8, 4) is 11.4 Å². The van der Waals surface area contributed by atoms with E-state index in [0.29, 0.717) is 20.6 Å². The maximum atomic E-state index is 13.1. The van der Waals surface area contributed by atoms with Crippen LogP contribution >= 0.6 is 28.1 Å². The van der Waals surface area contributed by atoms with Gasteiger partial charge in [-0.1, -0.05) is 6.07 Å². The summed E-state index contributed by atoms with van der Waals surface area (Å²) in [4.78, 5) is 3.99. The van der Waals surface area contributed by atoms with Crippen molar-refractivity contribution in [1.82, 2.24) is 15.2 Å². The van der Waals surface area contributed by atoms with Crippen LogP contribution in [0.5, 0.6) is 0 Å². The van der Waals surface area contributed by atoms with Crippen LogP contribution in [0.2, 0.25) is 0 Å². The molecule has 72 valence electrons. The van der Waals surface area contributed by atoms with E-state index < -0.39 is 0 Å². The highest BCUT2D eigenvalue weighted by molar-refractivity contribution is 9.10. The van der Waals surface area contributed by atoms with E-state index in [0.717, 1.165) is 0 Å². The van der Waals surface area contributed by atoms with Crippen LogP contribution in [-0.2, 0) is 0 Å². The molecule has 0 spiro atoms. The summed E-state index contributed by atoms with van der Waals surface area (Å²) in [5.41, 5.74) is 0.636. The van der Waals surface area contributed by atoms with Crippen LogP contribution in [0.25, 0.3) is 11.4 Å². The lowest BCUT2D eigenvalue weighted by Gasteiger charge is -2.00. The van der Waals surface area contributed by atoms with Gasteiger partial charge < -0.3 is 0 Å². The third kappa shape index (κ3) is 1.62. The van der Waals surface area contributed by atoms with Gasteiger partial charge in [0.15, 0.2) is 5.82 Å². The van der Waals surface area contributed by atoms with Gasteiger partial charge in [-0.3, -0.25) is 10.2 Å². The molecule has 0 aliphatic carbocycles. The lowest BCUT2D eigenvalue weighted by atomic mass is 10.2. The van der Waals surface area contributed by atoms with Crippen LogP contribution in [0.3, 0.4) is 0 Å². The average Bonchev–Trinajstić information content (AvgIpc) is 2.57. The van der Waals surface area contributed by atoms with Gasteiger partial charge in [0.1, 0.15) is 5.82 Å². The van der Waals surface area contributed by atoms with Crippen LogP contribution in [-0.4, -0.2) is 15.2 Å². The van der Waals surface area contributed by atoms with Crippen molar-refractivity contribution in [2.24, 2.45) is 0 Å². The molecule has 0 saturated carbocycles. The van der Waals surface area contributed by atoms with Crippen LogP contribution in [0.1, 0.15) is 0 Å². The molecule has 0 amide bonds. The summed E-state index contributed by atoms with van der Waals surface area (Å²) in [6.45, 7) is 0. The third-order valence-corrected chi connectivity index (χ3v) is 2.71. The molecule has 0 bridgehead atoms. The first-order chi connectivity index (χ1) is 6.68. The Labute approximate surface area is 92.5 Å². The average molecular weight is 274 g/mol. The predicted molar refractivity (Wildman–Crippen MR) is 56.9 cm³/mol.